The van der Waals surface area contributed by atoms with E-state index in [1.54, 1.807) is 0 Å². The summed E-state index contributed by atoms with van der Waals surface area (Å²) in [6.45, 7) is 1.91. The predicted octanol–water partition coefficient (Wildman–Crippen LogP) is 2.35. The summed E-state index contributed by atoms with van der Waals surface area (Å²) in [7, 11) is 0. The van der Waals surface area contributed by atoms with Gasteiger partial charge in [-0.2, -0.15) is 5.10 Å². The van der Waals surface area contributed by atoms with Crippen molar-refractivity contribution in [2.45, 2.75) is 13.3 Å². The molecule has 6 nitrogen and oxygen atoms in total. The van der Waals surface area contributed by atoms with Gasteiger partial charge in [0.2, 0.25) is 0 Å². The Morgan fingerprint density at radius 2 is 1.64 bits per heavy atom. The van der Waals surface area contributed by atoms with Crippen molar-refractivity contribution in [2.24, 2.45) is 5.10 Å². The van der Waals surface area contributed by atoms with Crippen LogP contribution < -0.4 is 5.43 Å². The third-order valence-corrected chi connectivity index (χ3v) is 3.07. The number of amides is 1. The van der Waals surface area contributed by atoms with Crippen LogP contribution in [0.5, 0.6) is 17.2 Å². The first kappa shape index (κ1) is 15.4. The van der Waals surface area contributed by atoms with Crippen molar-refractivity contribution in [3.8, 4) is 17.2 Å². The second-order valence-corrected chi connectivity index (χ2v) is 4.58. The highest BCUT2D eigenvalue weighted by Crippen LogP contribution is 2.35. The highest BCUT2D eigenvalue weighted by Gasteiger charge is 2.13. The normalized spacial score (nSPS) is 11.2. The summed E-state index contributed by atoms with van der Waals surface area (Å²) in [6.07, 6.45) is 0.621. The van der Waals surface area contributed by atoms with Gasteiger partial charge in [0.1, 0.15) is 0 Å². The molecule has 4 N–H and O–H groups in total. The van der Waals surface area contributed by atoms with Crippen LogP contribution in [-0.2, 0) is 0 Å². The maximum Gasteiger partial charge on any atom is 0.271 e. The topological polar surface area (TPSA) is 102 Å². The van der Waals surface area contributed by atoms with Crippen LogP contribution in [0, 0.1) is 0 Å². The Bertz CT molecular complexity index is 688. The standard InChI is InChI=1S/C16H16N2O4/c1-2-12(10-6-4-3-5-7-10)17-18-16(22)11-8-13(19)15(21)14(20)9-11/h3-9,19-21H,2H2,1H3,(H,18,22). The van der Waals surface area contributed by atoms with Crippen LogP contribution >= 0.6 is 0 Å². The van der Waals surface area contributed by atoms with Gasteiger partial charge in [-0.1, -0.05) is 37.3 Å². The van der Waals surface area contributed by atoms with Crippen molar-refractivity contribution < 1.29 is 20.1 Å². The lowest BCUT2D eigenvalue weighted by Crippen LogP contribution is -2.19. The fourth-order valence-corrected chi connectivity index (χ4v) is 1.90. The van der Waals surface area contributed by atoms with Gasteiger partial charge < -0.3 is 15.3 Å². The molecule has 2 rings (SSSR count). The molecule has 0 saturated heterocycles. The minimum atomic E-state index is -0.668. The summed E-state index contributed by atoms with van der Waals surface area (Å²) in [6, 6.07) is 11.5. The van der Waals surface area contributed by atoms with Crippen LogP contribution in [0.2, 0.25) is 0 Å². The first-order chi connectivity index (χ1) is 10.5. The Balaban J connectivity index is 2.20. The summed E-state index contributed by atoms with van der Waals surface area (Å²) in [5, 5.41) is 32.1. The van der Waals surface area contributed by atoms with Crippen LogP contribution in [0.25, 0.3) is 0 Å². The van der Waals surface area contributed by atoms with Crippen molar-refractivity contribution in [2.75, 3.05) is 0 Å². The molecule has 0 aliphatic heterocycles. The van der Waals surface area contributed by atoms with Gasteiger partial charge in [-0.05, 0) is 24.1 Å². The molecule has 0 fully saturated rings. The Morgan fingerprint density at radius 1 is 1.05 bits per heavy atom. The van der Waals surface area contributed by atoms with Crippen molar-refractivity contribution in [1.82, 2.24) is 5.43 Å². The van der Waals surface area contributed by atoms with Crippen LogP contribution in [0.3, 0.4) is 0 Å². The number of benzene rings is 2. The lowest BCUT2D eigenvalue weighted by molar-refractivity contribution is 0.0954. The van der Waals surface area contributed by atoms with Crippen LogP contribution in [0.4, 0.5) is 0 Å². The average molecular weight is 300 g/mol. The summed E-state index contributed by atoms with van der Waals surface area (Å²) < 4.78 is 0. The number of phenols is 3. The molecule has 0 saturated carbocycles. The van der Waals surface area contributed by atoms with Crippen LogP contribution in [-0.4, -0.2) is 26.9 Å². The summed E-state index contributed by atoms with van der Waals surface area (Å²) in [5.74, 6) is -2.42. The number of nitrogens with zero attached hydrogens (tertiary/aromatic N) is 1. The van der Waals surface area contributed by atoms with E-state index in [1.165, 1.54) is 0 Å². The molecule has 2 aromatic rings. The summed E-state index contributed by atoms with van der Waals surface area (Å²) in [4.78, 5) is 12.0. The maximum absolute atomic E-state index is 12.0. The van der Waals surface area contributed by atoms with Crippen molar-refractivity contribution in [3.05, 3.63) is 53.6 Å². The molecule has 0 heterocycles. The molecule has 0 spiro atoms. The number of hydrogen-bond donors (Lipinski definition) is 4. The van der Waals surface area contributed by atoms with Crippen LogP contribution in [0.1, 0.15) is 29.3 Å². The first-order valence-electron chi connectivity index (χ1n) is 6.70. The van der Waals surface area contributed by atoms with Gasteiger partial charge in [-0.25, -0.2) is 5.43 Å². The smallest absolute Gasteiger partial charge is 0.271 e. The second kappa shape index (κ2) is 6.62. The number of aromatic hydroxyl groups is 3. The van der Waals surface area contributed by atoms with Crippen molar-refractivity contribution in [1.29, 1.82) is 0 Å². The molecule has 0 bridgehead atoms. The van der Waals surface area contributed by atoms with E-state index in [0.29, 0.717) is 12.1 Å². The Labute approximate surface area is 127 Å². The summed E-state index contributed by atoms with van der Waals surface area (Å²) >= 11 is 0. The highest BCUT2D eigenvalue weighted by atomic mass is 16.3. The fourth-order valence-electron chi connectivity index (χ4n) is 1.90. The molecule has 0 aliphatic carbocycles. The number of nitrogens with one attached hydrogen (secondary N) is 1. The Hall–Kier alpha value is -3.02. The number of carbonyl (C=O) groups excluding carboxylic acids is 1. The zero-order chi connectivity index (χ0) is 16.1. The van der Waals surface area contributed by atoms with Crippen molar-refractivity contribution >= 4 is 11.6 Å². The van der Waals surface area contributed by atoms with Gasteiger partial charge in [0.25, 0.3) is 5.91 Å². The highest BCUT2D eigenvalue weighted by molar-refractivity contribution is 6.02. The van der Waals surface area contributed by atoms with E-state index in [4.69, 9.17) is 0 Å². The quantitative estimate of drug-likeness (QED) is 0.395. The molecular formula is C16H16N2O4. The minimum absolute atomic E-state index is 0.0138. The van der Waals surface area contributed by atoms with Crippen LogP contribution in [0.15, 0.2) is 47.6 Å². The van der Waals surface area contributed by atoms with E-state index in [9.17, 15) is 20.1 Å². The molecule has 1 amide bonds. The first-order valence-corrected chi connectivity index (χ1v) is 6.70. The maximum atomic E-state index is 12.0. The number of hydrazone groups is 1. The zero-order valence-electron chi connectivity index (χ0n) is 11.9. The average Bonchev–Trinajstić information content (AvgIpc) is 2.53. The van der Waals surface area contributed by atoms with Gasteiger partial charge in [0, 0.05) is 5.56 Å². The molecule has 0 radical (unpaired) electrons. The minimum Gasteiger partial charge on any atom is -0.504 e. The second-order valence-electron chi connectivity index (χ2n) is 4.58. The van der Waals surface area contributed by atoms with Gasteiger partial charge in [-0.3, -0.25) is 4.79 Å². The molecule has 0 unspecified atom stereocenters. The van der Waals surface area contributed by atoms with E-state index in [0.717, 1.165) is 17.7 Å². The molecule has 2 aromatic carbocycles. The SMILES string of the molecule is CCC(=NNC(=O)c1cc(O)c(O)c(O)c1)c1ccccc1. The number of phenolic OH excluding ortho intramolecular Hbond substituents is 3. The Kier molecular flexibility index (Phi) is 4.63. The zero-order valence-corrected chi connectivity index (χ0v) is 11.9. The number of carbonyl (C=O) groups is 1. The van der Waals surface area contributed by atoms with E-state index in [-0.39, 0.29) is 5.56 Å². The monoisotopic (exact) mass is 300 g/mol. The fraction of sp³-hybridized carbons (Fsp3) is 0.125. The third-order valence-electron chi connectivity index (χ3n) is 3.07. The lowest BCUT2D eigenvalue weighted by atomic mass is 10.1. The molecule has 0 aromatic heterocycles. The number of hydrogen-bond acceptors (Lipinski definition) is 5. The lowest BCUT2D eigenvalue weighted by Gasteiger charge is -2.07. The molecule has 0 aliphatic rings. The molecule has 22 heavy (non-hydrogen) atoms. The number of rotatable bonds is 4. The van der Waals surface area contributed by atoms with E-state index >= 15 is 0 Å². The van der Waals surface area contributed by atoms with E-state index in [1.807, 2.05) is 37.3 Å². The molecule has 6 heteroatoms. The predicted molar refractivity (Wildman–Crippen MR) is 82.2 cm³/mol. The summed E-state index contributed by atoms with van der Waals surface area (Å²) in [5.41, 5.74) is 3.94. The van der Waals surface area contributed by atoms with Gasteiger partial charge in [0.15, 0.2) is 17.2 Å². The van der Waals surface area contributed by atoms with E-state index in [2.05, 4.69) is 10.5 Å². The molecule has 114 valence electrons. The molecule has 0 atom stereocenters. The molecular weight excluding hydrogens is 284 g/mol. The Morgan fingerprint density at radius 3 is 2.18 bits per heavy atom. The van der Waals surface area contributed by atoms with Gasteiger partial charge >= 0.3 is 0 Å². The largest absolute Gasteiger partial charge is 0.504 e. The van der Waals surface area contributed by atoms with E-state index < -0.39 is 23.2 Å². The third kappa shape index (κ3) is 3.35. The van der Waals surface area contributed by atoms with Gasteiger partial charge in [0.05, 0.1) is 5.71 Å². The van der Waals surface area contributed by atoms with Crippen molar-refractivity contribution in [3.63, 3.8) is 0 Å². The van der Waals surface area contributed by atoms with Gasteiger partial charge in [-0.15, -0.1) is 0 Å².